The molecule has 1 saturated heterocycles. The number of carbonyl (C=O) groups is 1. The van der Waals surface area contributed by atoms with E-state index in [1.165, 1.54) is 11.2 Å². The van der Waals surface area contributed by atoms with Crippen LogP contribution in [-0.4, -0.2) is 60.2 Å². The molecule has 3 rings (SSSR count). The van der Waals surface area contributed by atoms with Crippen LogP contribution in [0.1, 0.15) is 10.4 Å². The summed E-state index contributed by atoms with van der Waals surface area (Å²) in [5.41, 5.74) is 0.404. The molecule has 0 aromatic heterocycles. The van der Waals surface area contributed by atoms with E-state index in [0.29, 0.717) is 16.5 Å². The van der Waals surface area contributed by atoms with Crippen molar-refractivity contribution in [2.45, 2.75) is 9.79 Å². The van der Waals surface area contributed by atoms with E-state index < -0.39 is 37.4 Å². The van der Waals surface area contributed by atoms with Gasteiger partial charge in [-0.2, -0.15) is 4.31 Å². The Morgan fingerprint density at radius 3 is 2.18 bits per heavy atom. The van der Waals surface area contributed by atoms with Gasteiger partial charge >= 0.3 is 0 Å². The molecule has 1 atom stereocenters. The van der Waals surface area contributed by atoms with Gasteiger partial charge in [-0.3, -0.25) is 9.00 Å². The molecule has 6 nitrogen and oxygen atoms in total. The average Bonchev–Trinajstić information content (AvgIpc) is 2.69. The number of amides is 1. The van der Waals surface area contributed by atoms with Crippen molar-refractivity contribution in [3.63, 3.8) is 0 Å². The summed E-state index contributed by atoms with van der Waals surface area (Å²) in [5, 5.41) is 0. The second-order valence-corrected chi connectivity index (χ2v) is 9.54. The van der Waals surface area contributed by atoms with Gasteiger partial charge in [0, 0.05) is 53.7 Å². The van der Waals surface area contributed by atoms with Crippen molar-refractivity contribution in [3.05, 3.63) is 59.7 Å². The second kappa shape index (κ2) is 8.06. The first-order chi connectivity index (χ1) is 13.2. The van der Waals surface area contributed by atoms with Crippen LogP contribution in [0.2, 0.25) is 0 Å². The van der Waals surface area contributed by atoms with Crippen LogP contribution in [-0.2, 0) is 20.8 Å². The van der Waals surface area contributed by atoms with Gasteiger partial charge < -0.3 is 4.90 Å². The van der Waals surface area contributed by atoms with Crippen molar-refractivity contribution < 1.29 is 26.2 Å². The van der Waals surface area contributed by atoms with Gasteiger partial charge in [-0.05, 0) is 42.5 Å². The highest BCUT2D eigenvalue weighted by molar-refractivity contribution is 7.89. The van der Waals surface area contributed by atoms with Crippen LogP contribution in [0, 0.1) is 11.6 Å². The third-order valence-electron chi connectivity index (χ3n) is 4.47. The molecule has 0 N–H and O–H groups in total. The molecule has 10 heteroatoms. The number of hydrogen-bond donors (Lipinski definition) is 0. The van der Waals surface area contributed by atoms with E-state index >= 15 is 0 Å². The molecule has 0 aliphatic carbocycles. The zero-order valence-electron chi connectivity index (χ0n) is 15.0. The van der Waals surface area contributed by atoms with Gasteiger partial charge in [0.25, 0.3) is 5.91 Å². The summed E-state index contributed by atoms with van der Waals surface area (Å²) < 4.78 is 64.9. The Bertz CT molecular complexity index is 1020. The van der Waals surface area contributed by atoms with Crippen molar-refractivity contribution in [2.24, 2.45) is 0 Å². The molecule has 0 saturated carbocycles. The van der Waals surface area contributed by atoms with Crippen LogP contribution in [0.3, 0.4) is 0 Å². The maximum absolute atomic E-state index is 13.9. The van der Waals surface area contributed by atoms with E-state index in [2.05, 4.69) is 0 Å². The summed E-state index contributed by atoms with van der Waals surface area (Å²) in [4.78, 5) is 14.0. The molecule has 1 aliphatic rings. The Morgan fingerprint density at radius 2 is 1.61 bits per heavy atom. The quantitative estimate of drug-likeness (QED) is 0.745. The first-order valence-corrected chi connectivity index (χ1v) is 11.4. The molecule has 1 unspecified atom stereocenters. The van der Waals surface area contributed by atoms with Crippen molar-refractivity contribution in [1.82, 2.24) is 9.21 Å². The van der Waals surface area contributed by atoms with Crippen LogP contribution in [0.25, 0.3) is 0 Å². The number of rotatable bonds is 4. The first kappa shape index (κ1) is 20.6. The lowest BCUT2D eigenvalue weighted by Crippen LogP contribution is -2.50. The summed E-state index contributed by atoms with van der Waals surface area (Å²) in [6, 6.07) is 8.64. The summed E-state index contributed by atoms with van der Waals surface area (Å²) in [6.07, 6.45) is 1.54. The summed E-state index contributed by atoms with van der Waals surface area (Å²) >= 11 is 0. The normalized spacial score (nSPS) is 16.8. The molecule has 1 fully saturated rings. The number of sulfonamides is 1. The standard InChI is InChI=1S/C18H18F2N2O4S2/c1-27(24)15-5-2-13(3-6-15)18(23)21-8-10-22(11-9-21)28(25,26)17-12-14(19)4-7-16(17)20/h2-7,12H,8-11H2,1H3. The highest BCUT2D eigenvalue weighted by atomic mass is 32.2. The van der Waals surface area contributed by atoms with E-state index in [1.807, 2.05) is 0 Å². The molecule has 28 heavy (non-hydrogen) atoms. The predicted molar refractivity (Wildman–Crippen MR) is 99.8 cm³/mol. The zero-order valence-corrected chi connectivity index (χ0v) is 16.6. The second-order valence-electron chi connectivity index (χ2n) is 6.25. The molecule has 0 bridgehead atoms. The predicted octanol–water partition coefficient (Wildman–Crippen LogP) is 1.85. The van der Waals surface area contributed by atoms with Gasteiger partial charge in [0.15, 0.2) is 0 Å². The van der Waals surface area contributed by atoms with Gasteiger partial charge in [0.05, 0.1) is 0 Å². The SMILES string of the molecule is CS(=O)c1ccc(C(=O)N2CCN(S(=O)(=O)c3cc(F)ccc3F)CC2)cc1. The highest BCUT2D eigenvalue weighted by Gasteiger charge is 2.32. The van der Waals surface area contributed by atoms with Crippen LogP contribution < -0.4 is 0 Å². The fraction of sp³-hybridized carbons (Fsp3) is 0.278. The Morgan fingerprint density at radius 1 is 1.00 bits per heavy atom. The fourth-order valence-electron chi connectivity index (χ4n) is 2.92. The van der Waals surface area contributed by atoms with E-state index in [-0.39, 0.29) is 32.1 Å². The van der Waals surface area contributed by atoms with Gasteiger partial charge in [0.2, 0.25) is 10.0 Å². The Hall–Kier alpha value is -2.17. The first-order valence-electron chi connectivity index (χ1n) is 8.38. The van der Waals surface area contributed by atoms with E-state index in [0.717, 1.165) is 16.4 Å². The maximum atomic E-state index is 13.9. The third kappa shape index (κ3) is 4.13. The van der Waals surface area contributed by atoms with Crippen LogP contribution in [0.4, 0.5) is 8.78 Å². The Kier molecular flexibility index (Phi) is 5.92. The Labute approximate surface area is 164 Å². The lowest BCUT2D eigenvalue weighted by atomic mass is 10.2. The zero-order chi connectivity index (χ0) is 20.5. The van der Waals surface area contributed by atoms with Gasteiger partial charge in [0.1, 0.15) is 16.5 Å². The molecule has 0 radical (unpaired) electrons. The number of hydrogen-bond acceptors (Lipinski definition) is 4. The van der Waals surface area contributed by atoms with Crippen molar-refractivity contribution in [1.29, 1.82) is 0 Å². The number of carbonyl (C=O) groups excluding carboxylic acids is 1. The van der Waals surface area contributed by atoms with Crippen LogP contribution >= 0.6 is 0 Å². The highest BCUT2D eigenvalue weighted by Crippen LogP contribution is 2.22. The van der Waals surface area contributed by atoms with Gasteiger partial charge in [-0.25, -0.2) is 17.2 Å². The fourth-order valence-corrected chi connectivity index (χ4v) is 4.93. The molecule has 2 aromatic carbocycles. The molecular formula is C18H18F2N2O4S2. The molecule has 2 aromatic rings. The average molecular weight is 428 g/mol. The molecule has 1 aliphatic heterocycles. The Balaban J connectivity index is 1.70. The molecule has 1 heterocycles. The molecule has 150 valence electrons. The minimum absolute atomic E-state index is 0.0267. The monoisotopic (exact) mass is 428 g/mol. The molecule has 1 amide bonds. The smallest absolute Gasteiger partial charge is 0.253 e. The van der Waals surface area contributed by atoms with Crippen molar-refractivity contribution >= 4 is 26.7 Å². The van der Waals surface area contributed by atoms with Crippen molar-refractivity contribution in [3.8, 4) is 0 Å². The van der Waals surface area contributed by atoms with E-state index in [9.17, 15) is 26.2 Å². The van der Waals surface area contributed by atoms with Crippen molar-refractivity contribution in [2.75, 3.05) is 32.4 Å². The number of benzene rings is 2. The van der Waals surface area contributed by atoms with Crippen LogP contribution in [0.15, 0.2) is 52.3 Å². The summed E-state index contributed by atoms with van der Waals surface area (Å²) in [5.74, 6) is -2.14. The lowest BCUT2D eigenvalue weighted by molar-refractivity contribution is 0.0697. The summed E-state index contributed by atoms with van der Waals surface area (Å²) in [7, 11) is -5.35. The minimum Gasteiger partial charge on any atom is -0.336 e. The molecular weight excluding hydrogens is 410 g/mol. The summed E-state index contributed by atoms with van der Waals surface area (Å²) in [6.45, 7) is 0.190. The van der Waals surface area contributed by atoms with Gasteiger partial charge in [-0.1, -0.05) is 0 Å². The number of nitrogens with zero attached hydrogens (tertiary/aromatic N) is 2. The largest absolute Gasteiger partial charge is 0.336 e. The lowest BCUT2D eigenvalue weighted by Gasteiger charge is -2.34. The topological polar surface area (TPSA) is 74.8 Å². The molecule has 0 spiro atoms. The third-order valence-corrected chi connectivity index (χ3v) is 7.32. The maximum Gasteiger partial charge on any atom is 0.253 e. The van der Waals surface area contributed by atoms with E-state index in [1.54, 1.807) is 24.3 Å². The van der Waals surface area contributed by atoms with Crippen LogP contribution in [0.5, 0.6) is 0 Å². The minimum atomic E-state index is -4.20. The van der Waals surface area contributed by atoms with Gasteiger partial charge in [-0.15, -0.1) is 0 Å². The number of halogens is 2. The number of piperazine rings is 1. The van der Waals surface area contributed by atoms with E-state index in [4.69, 9.17) is 0 Å².